The van der Waals surface area contributed by atoms with E-state index >= 15 is 0 Å². The van der Waals surface area contributed by atoms with E-state index in [1.54, 1.807) is 0 Å². The van der Waals surface area contributed by atoms with Gasteiger partial charge in [0.1, 0.15) is 5.82 Å². The zero-order valence-corrected chi connectivity index (χ0v) is 9.13. The van der Waals surface area contributed by atoms with E-state index in [9.17, 15) is 0 Å². The molecule has 3 nitrogen and oxygen atoms in total. The number of anilines is 1. The van der Waals surface area contributed by atoms with Crippen LogP contribution in [0.15, 0.2) is 0 Å². The maximum Gasteiger partial charge on any atom is 0.202 e. The third kappa shape index (κ3) is 2.98. The monoisotopic (exact) mass is 203 g/mol. The molecular formula is C7H13N3S2. The maximum absolute atomic E-state index is 4.20. The predicted molar refractivity (Wildman–Crippen MR) is 56.1 cm³/mol. The van der Waals surface area contributed by atoms with Crippen molar-refractivity contribution in [3.63, 3.8) is 0 Å². The largest absolute Gasteiger partial charge is 0.359 e. The van der Waals surface area contributed by atoms with Gasteiger partial charge in [0.15, 0.2) is 0 Å². The van der Waals surface area contributed by atoms with Crippen LogP contribution < -0.4 is 5.32 Å². The quantitative estimate of drug-likeness (QED) is 0.812. The minimum Gasteiger partial charge on any atom is -0.359 e. The van der Waals surface area contributed by atoms with Crippen LogP contribution in [0.5, 0.6) is 0 Å². The Hall–Kier alpha value is -0.290. The molecule has 1 aromatic rings. The Bertz CT molecular complexity index is 236. The summed E-state index contributed by atoms with van der Waals surface area (Å²) in [6.45, 7) is 5.04. The van der Waals surface area contributed by atoms with Crippen LogP contribution in [-0.2, 0) is 0 Å². The third-order valence-electron chi connectivity index (χ3n) is 1.47. The smallest absolute Gasteiger partial charge is 0.202 e. The van der Waals surface area contributed by atoms with Gasteiger partial charge >= 0.3 is 0 Å². The van der Waals surface area contributed by atoms with E-state index in [1.165, 1.54) is 11.5 Å². The second-order valence-corrected chi connectivity index (χ2v) is 4.60. The van der Waals surface area contributed by atoms with Crippen LogP contribution >= 0.6 is 23.3 Å². The lowest BCUT2D eigenvalue weighted by Crippen LogP contribution is -2.12. The Labute approximate surface area is 81.1 Å². The maximum atomic E-state index is 4.20. The van der Waals surface area contributed by atoms with Crippen LogP contribution in [0.4, 0.5) is 5.13 Å². The van der Waals surface area contributed by atoms with Crippen LogP contribution in [0.1, 0.15) is 12.7 Å². The predicted octanol–water partition coefficient (Wildman–Crippen LogP) is 2.01. The molecule has 0 spiro atoms. The number of hydrogen-bond donors (Lipinski definition) is 1. The number of rotatable bonds is 4. The Kier molecular flexibility index (Phi) is 3.81. The average molecular weight is 203 g/mol. The first-order valence-corrected chi connectivity index (χ1v) is 5.85. The van der Waals surface area contributed by atoms with E-state index in [0.29, 0.717) is 5.25 Å². The lowest BCUT2D eigenvalue weighted by Gasteiger charge is -2.07. The van der Waals surface area contributed by atoms with Crippen LogP contribution in [0.2, 0.25) is 0 Å². The summed E-state index contributed by atoms with van der Waals surface area (Å²) in [6.07, 6.45) is 2.11. The fourth-order valence-electron chi connectivity index (χ4n) is 0.683. The van der Waals surface area contributed by atoms with Gasteiger partial charge in [-0.2, -0.15) is 16.1 Å². The van der Waals surface area contributed by atoms with Crippen molar-refractivity contribution >= 4 is 28.4 Å². The second kappa shape index (κ2) is 4.67. The highest BCUT2D eigenvalue weighted by molar-refractivity contribution is 7.99. The molecule has 0 fully saturated rings. The molecule has 1 aromatic heterocycles. The Balaban J connectivity index is 2.33. The van der Waals surface area contributed by atoms with E-state index < -0.39 is 0 Å². The summed E-state index contributed by atoms with van der Waals surface area (Å²) in [5.74, 6) is 0.847. The van der Waals surface area contributed by atoms with Crippen molar-refractivity contribution in [3.05, 3.63) is 5.82 Å². The first-order chi connectivity index (χ1) is 5.72. The van der Waals surface area contributed by atoms with E-state index in [2.05, 4.69) is 27.9 Å². The van der Waals surface area contributed by atoms with Gasteiger partial charge < -0.3 is 5.32 Å². The SMILES string of the molecule is CSC(C)CNc1nc(C)ns1. The van der Waals surface area contributed by atoms with Gasteiger partial charge in [-0.05, 0) is 13.2 Å². The molecule has 0 amide bonds. The minimum absolute atomic E-state index is 0.620. The van der Waals surface area contributed by atoms with Gasteiger partial charge in [-0.15, -0.1) is 0 Å². The normalized spacial score (nSPS) is 12.9. The van der Waals surface area contributed by atoms with Crippen LogP contribution in [0, 0.1) is 6.92 Å². The van der Waals surface area contributed by atoms with Gasteiger partial charge in [-0.25, -0.2) is 4.98 Å². The first-order valence-electron chi connectivity index (χ1n) is 3.79. The van der Waals surface area contributed by atoms with E-state index in [1.807, 2.05) is 18.7 Å². The number of aromatic nitrogens is 2. The lowest BCUT2D eigenvalue weighted by molar-refractivity contribution is 0.995. The van der Waals surface area contributed by atoms with Crippen molar-refractivity contribution in [2.45, 2.75) is 19.1 Å². The molecule has 1 heterocycles. The molecule has 0 saturated carbocycles. The van der Waals surface area contributed by atoms with Crippen molar-refractivity contribution in [2.24, 2.45) is 0 Å². The standard InChI is InChI=1S/C7H13N3S2/c1-5(11-3)4-8-7-9-6(2)10-12-7/h5H,4H2,1-3H3,(H,8,9,10). The van der Waals surface area contributed by atoms with Crippen LogP contribution in [0.3, 0.4) is 0 Å². The third-order valence-corrected chi connectivity index (χ3v) is 3.21. The molecule has 0 radical (unpaired) electrons. The highest BCUT2D eigenvalue weighted by Gasteiger charge is 2.01. The molecule has 1 unspecified atom stereocenters. The number of thioether (sulfide) groups is 1. The molecule has 12 heavy (non-hydrogen) atoms. The fourth-order valence-corrected chi connectivity index (χ4v) is 1.51. The number of aryl methyl sites for hydroxylation is 1. The molecule has 68 valence electrons. The van der Waals surface area contributed by atoms with Gasteiger partial charge in [0.25, 0.3) is 0 Å². The lowest BCUT2D eigenvalue weighted by atomic mass is 10.5. The zero-order valence-electron chi connectivity index (χ0n) is 7.50. The average Bonchev–Trinajstić information content (AvgIpc) is 2.47. The van der Waals surface area contributed by atoms with Gasteiger partial charge in [0, 0.05) is 23.3 Å². The summed E-state index contributed by atoms with van der Waals surface area (Å²) < 4.78 is 4.08. The van der Waals surface area contributed by atoms with Gasteiger partial charge in [-0.3, -0.25) is 0 Å². The molecule has 0 aliphatic heterocycles. The zero-order chi connectivity index (χ0) is 8.97. The Morgan fingerprint density at radius 2 is 2.42 bits per heavy atom. The highest BCUT2D eigenvalue weighted by Crippen LogP contribution is 2.12. The molecule has 1 N–H and O–H groups in total. The summed E-state index contributed by atoms with van der Waals surface area (Å²) in [7, 11) is 0. The molecule has 1 rings (SSSR count). The van der Waals surface area contributed by atoms with E-state index in [4.69, 9.17) is 0 Å². The summed E-state index contributed by atoms with van der Waals surface area (Å²) in [5.41, 5.74) is 0. The number of nitrogens with zero attached hydrogens (tertiary/aromatic N) is 2. The van der Waals surface area contributed by atoms with Gasteiger partial charge in [0.2, 0.25) is 5.13 Å². The molecule has 0 saturated heterocycles. The topological polar surface area (TPSA) is 37.8 Å². The highest BCUT2D eigenvalue weighted by atomic mass is 32.2. The molecule has 0 bridgehead atoms. The minimum atomic E-state index is 0.620. The summed E-state index contributed by atoms with van der Waals surface area (Å²) in [6, 6.07) is 0. The van der Waals surface area contributed by atoms with Crippen LogP contribution in [0.25, 0.3) is 0 Å². The van der Waals surface area contributed by atoms with Crippen molar-refractivity contribution in [1.82, 2.24) is 9.36 Å². The van der Waals surface area contributed by atoms with E-state index in [-0.39, 0.29) is 0 Å². The van der Waals surface area contributed by atoms with Crippen LogP contribution in [-0.4, -0.2) is 27.4 Å². The number of hydrogen-bond acceptors (Lipinski definition) is 5. The summed E-state index contributed by atoms with van der Waals surface area (Å²) >= 11 is 3.27. The second-order valence-electron chi connectivity index (χ2n) is 2.57. The molecular weight excluding hydrogens is 190 g/mol. The van der Waals surface area contributed by atoms with Crippen molar-refractivity contribution < 1.29 is 0 Å². The molecule has 5 heteroatoms. The van der Waals surface area contributed by atoms with Gasteiger partial charge in [0.05, 0.1) is 0 Å². The van der Waals surface area contributed by atoms with Crippen molar-refractivity contribution in [1.29, 1.82) is 0 Å². The first kappa shape index (κ1) is 9.80. The molecule has 1 atom stereocenters. The van der Waals surface area contributed by atoms with E-state index in [0.717, 1.165) is 17.5 Å². The van der Waals surface area contributed by atoms with Crippen molar-refractivity contribution in [3.8, 4) is 0 Å². The Morgan fingerprint density at radius 3 is 2.92 bits per heavy atom. The Morgan fingerprint density at radius 1 is 1.67 bits per heavy atom. The fraction of sp³-hybridized carbons (Fsp3) is 0.714. The molecule has 0 aliphatic carbocycles. The molecule has 0 aromatic carbocycles. The summed E-state index contributed by atoms with van der Waals surface area (Å²) in [5, 5.41) is 4.78. The van der Waals surface area contributed by atoms with Gasteiger partial charge in [-0.1, -0.05) is 6.92 Å². The van der Waals surface area contributed by atoms with Crippen molar-refractivity contribution in [2.75, 3.05) is 18.1 Å². The summed E-state index contributed by atoms with van der Waals surface area (Å²) in [4.78, 5) is 4.20. The molecule has 0 aliphatic rings. The number of nitrogens with one attached hydrogen (secondary N) is 1.